The van der Waals surface area contributed by atoms with Crippen molar-refractivity contribution in [2.45, 2.75) is 19.3 Å². The quantitative estimate of drug-likeness (QED) is 0.175. The van der Waals surface area contributed by atoms with Gasteiger partial charge in [0.1, 0.15) is 0 Å². The molecule has 9 aromatic rings. The van der Waals surface area contributed by atoms with E-state index < -0.39 is 0 Å². The van der Waals surface area contributed by atoms with Crippen LogP contribution in [0.15, 0.2) is 182 Å². The van der Waals surface area contributed by atoms with Gasteiger partial charge in [-0.15, -0.1) is 0 Å². The largest absolute Gasteiger partial charge is 0.309 e. The molecule has 0 saturated carbocycles. The van der Waals surface area contributed by atoms with Gasteiger partial charge in [-0.2, -0.15) is 0 Å². The van der Waals surface area contributed by atoms with E-state index in [0.29, 0.717) is 0 Å². The fraction of sp³-hybridized carbons (Fsp3) is 0.0612. The summed E-state index contributed by atoms with van der Waals surface area (Å²) in [6, 6.07) is 66.7. The highest BCUT2D eigenvalue weighted by molar-refractivity contribution is 6.09. The van der Waals surface area contributed by atoms with E-state index in [1.165, 1.54) is 72.0 Å². The third-order valence-corrected chi connectivity index (χ3v) is 10.9. The molecular weight excluding hydrogens is 617 g/mol. The zero-order valence-corrected chi connectivity index (χ0v) is 28.7. The molecule has 2 aromatic heterocycles. The first-order chi connectivity index (χ1) is 25.1. The highest BCUT2D eigenvalue weighted by atomic mass is 15.0. The maximum absolute atomic E-state index is 2.47. The standard InChI is InChI=1S/C49H36N2/c1-49(2)43-22-12-9-19-39(43)40-26-25-35(31-44(40)49)46-28-27-45(34-17-7-4-8-18-34)50(46)37-29-36(33-15-5-3-6-16-33)30-38(32-37)51-47-23-13-10-20-41(47)42-21-11-14-24-48(42)51/h3-32H,1-2H3. The van der Waals surface area contributed by atoms with Crippen molar-refractivity contribution in [3.8, 4) is 56.1 Å². The zero-order valence-electron chi connectivity index (χ0n) is 28.7. The summed E-state index contributed by atoms with van der Waals surface area (Å²) in [7, 11) is 0. The summed E-state index contributed by atoms with van der Waals surface area (Å²) in [6.07, 6.45) is 0. The fourth-order valence-corrected chi connectivity index (χ4v) is 8.49. The molecule has 0 spiro atoms. The van der Waals surface area contributed by atoms with Crippen molar-refractivity contribution in [2.75, 3.05) is 0 Å². The maximum Gasteiger partial charge on any atom is 0.0541 e. The van der Waals surface area contributed by atoms with Crippen molar-refractivity contribution in [2.24, 2.45) is 0 Å². The van der Waals surface area contributed by atoms with Gasteiger partial charge in [0.25, 0.3) is 0 Å². The van der Waals surface area contributed by atoms with Crippen LogP contribution in [0.1, 0.15) is 25.0 Å². The Hall–Kier alpha value is -6.38. The first-order valence-electron chi connectivity index (χ1n) is 17.8. The monoisotopic (exact) mass is 652 g/mol. The van der Waals surface area contributed by atoms with Crippen LogP contribution in [0.5, 0.6) is 0 Å². The van der Waals surface area contributed by atoms with E-state index in [9.17, 15) is 0 Å². The SMILES string of the molecule is CC1(C)c2ccccc2-c2ccc(-c3ccc(-c4ccccc4)n3-c3cc(-c4ccccc4)cc(-n4c5ccccc5c5ccccc54)c3)cc21. The fourth-order valence-electron chi connectivity index (χ4n) is 8.49. The van der Waals surface area contributed by atoms with Gasteiger partial charge >= 0.3 is 0 Å². The van der Waals surface area contributed by atoms with Crippen LogP contribution in [0.25, 0.3) is 77.9 Å². The molecule has 0 unspecified atom stereocenters. The van der Waals surface area contributed by atoms with Gasteiger partial charge in [0.15, 0.2) is 0 Å². The second kappa shape index (κ2) is 11.3. The molecule has 7 aromatic carbocycles. The van der Waals surface area contributed by atoms with Crippen molar-refractivity contribution in [1.29, 1.82) is 0 Å². The highest BCUT2D eigenvalue weighted by Crippen LogP contribution is 2.50. The minimum absolute atomic E-state index is 0.0848. The molecule has 0 N–H and O–H groups in total. The topological polar surface area (TPSA) is 9.86 Å². The number of hydrogen-bond donors (Lipinski definition) is 0. The molecule has 10 rings (SSSR count). The van der Waals surface area contributed by atoms with E-state index >= 15 is 0 Å². The van der Waals surface area contributed by atoms with Crippen LogP contribution in [0.3, 0.4) is 0 Å². The van der Waals surface area contributed by atoms with Crippen LogP contribution in [0, 0.1) is 0 Å². The molecule has 0 amide bonds. The average molecular weight is 653 g/mol. The average Bonchev–Trinajstić information content (AvgIpc) is 3.85. The molecule has 0 atom stereocenters. The first kappa shape index (κ1) is 29.5. The number of aromatic nitrogens is 2. The second-order valence-corrected chi connectivity index (χ2v) is 14.2. The molecule has 0 aliphatic heterocycles. The van der Waals surface area contributed by atoms with Crippen molar-refractivity contribution in [3.05, 3.63) is 193 Å². The Morgan fingerprint density at radius 1 is 0.353 bits per heavy atom. The Labute approximate surface area is 298 Å². The van der Waals surface area contributed by atoms with Crippen LogP contribution in [-0.4, -0.2) is 9.13 Å². The number of hydrogen-bond acceptors (Lipinski definition) is 0. The van der Waals surface area contributed by atoms with Gasteiger partial charge in [-0.1, -0.05) is 147 Å². The van der Waals surface area contributed by atoms with E-state index in [1.807, 2.05) is 0 Å². The number of fused-ring (bicyclic) bond motifs is 6. The molecule has 0 saturated heterocycles. The summed E-state index contributed by atoms with van der Waals surface area (Å²) in [4.78, 5) is 0. The maximum atomic E-state index is 2.47. The Kier molecular flexibility index (Phi) is 6.56. The van der Waals surface area contributed by atoms with Gasteiger partial charge in [0, 0.05) is 27.6 Å². The molecule has 2 heteroatoms. The summed E-state index contributed by atoms with van der Waals surface area (Å²) < 4.78 is 4.90. The number of rotatable bonds is 5. The lowest BCUT2D eigenvalue weighted by molar-refractivity contribution is 0.660. The van der Waals surface area contributed by atoms with Gasteiger partial charge < -0.3 is 9.13 Å². The predicted octanol–water partition coefficient (Wildman–Crippen LogP) is 12.9. The van der Waals surface area contributed by atoms with Crippen LogP contribution >= 0.6 is 0 Å². The molecule has 0 fully saturated rings. The zero-order chi connectivity index (χ0) is 34.1. The minimum atomic E-state index is -0.0848. The predicted molar refractivity (Wildman–Crippen MR) is 214 cm³/mol. The summed E-state index contributed by atoms with van der Waals surface area (Å²) in [5, 5.41) is 2.52. The van der Waals surface area contributed by atoms with Crippen LogP contribution in [0.2, 0.25) is 0 Å². The number of nitrogens with zero attached hydrogens (tertiary/aromatic N) is 2. The van der Waals surface area contributed by atoms with Crippen molar-refractivity contribution < 1.29 is 0 Å². The number of benzene rings is 7. The Morgan fingerprint density at radius 3 is 1.57 bits per heavy atom. The van der Waals surface area contributed by atoms with E-state index in [1.54, 1.807) is 0 Å². The van der Waals surface area contributed by atoms with E-state index in [4.69, 9.17) is 0 Å². The molecule has 1 aliphatic rings. The summed E-state index contributed by atoms with van der Waals surface area (Å²) in [5.74, 6) is 0. The van der Waals surface area contributed by atoms with Crippen molar-refractivity contribution in [1.82, 2.24) is 9.13 Å². The molecule has 242 valence electrons. The Balaban J connectivity index is 1.26. The van der Waals surface area contributed by atoms with Gasteiger partial charge in [-0.05, 0) is 93.0 Å². The van der Waals surface area contributed by atoms with E-state index in [0.717, 1.165) is 17.1 Å². The highest BCUT2D eigenvalue weighted by Gasteiger charge is 2.35. The lowest BCUT2D eigenvalue weighted by Crippen LogP contribution is -2.15. The van der Waals surface area contributed by atoms with Crippen LogP contribution < -0.4 is 0 Å². The smallest absolute Gasteiger partial charge is 0.0541 e. The van der Waals surface area contributed by atoms with Crippen LogP contribution in [-0.2, 0) is 5.41 Å². The minimum Gasteiger partial charge on any atom is -0.309 e. The van der Waals surface area contributed by atoms with E-state index in [-0.39, 0.29) is 5.41 Å². The van der Waals surface area contributed by atoms with E-state index in [2.05, 4.69) is 205 Å². The Bertz CT molecular complexity index is 2710. The normalized spacial score (nSPS) is 13.1. The number of para-hydroxylation sites is 2. The van der Waals surface area contributed by atoms with Crippen LogP contribution in [0.4, 0.5) is 0 Å². The summed E-state index contributed by atoms with van der Waals surface area (Å²) in [5.41, 5.74) is 17.1. The van der Waals surface area contributed by atoms with Gasteiger partial charge in [0.2, 0.25) is 0 Å². The lowest BCUT2D eigenvalue weighted by atomic mass is 9.82. The van der Waals surface area contributed by atoms with Gasteiger partial charge in [-0.3, -0.25) is 0 Å². The first-order valence-corrected chi connectivity index (χ1v) is 17.8. The molecule has 2 nitrogen and oxygen atoms in total. The van der Waals surface area contributed by atoms with Crippen molar-refractivity contribution >= 4 is 21.8 Å². The third-order valence-electron chi connectivity index (χ3n) is 10.9. The third kappa shape index (κ3) is 4.57. The molecule has 0 radical (unpaired) electrons. The molecule has 2 heterocycles. The summed E-state index contributed by atoms with van der Waals surface area (Å²) >= 11 is 0. The van der Waals surface area contributed by atoms with Gasteiger partial charge in [-0.25, -0.2) is 0 Å². The second-order valence-electron chi connectivity index (χ2n) is 14.2. The summed E-state index contributed by atoms with van der Waals surface area (Å²) in [6.45, 7) is 4.72. The van der Waals surface area contributed by atoms with Gasteiger partial charge in [0.05, 0.1) is 22.4 Å². The molecular formula is C49H36N2. The molecule has 51 heavy (non-hydrogen) atoms. The Morgan fingerprint density at radius 2 is 0.882 bits per heavy atom. The molecule has 0 bridgehead atoms. The van der Waals surface area contributed by atoms with Crippen molar-refractivity contribution in [3.63, 3.8) is 0 Å². The molecule has 1 aliphatic carbocycles. The lowest BCUT2D eigenvalue weighted by Gasteiger charge is -2.22.